The highest BCUT2D eigenvalue weighted by Crippen LogP contribution is 2.44. The van der Waals surface area contributed by atoms with E-state index in [0.29, 0.717) is 25.6 Å². The molecule has 0 radical (unpaired) electrons. The predicted octanol–water partition coefficient (Wildman–Crippen LogP) is 3.02. The lowest BCUT2D eigenvalue weighted by Crippen LogP contribution is -2.31. The number of ether oxygens (including phenoxy) is 1. The van der Waals surface area contributed by atoms with Gasteiger partial charge in [0.15, 0.2) is 11.0 Å². The summed E-state index contributed by atoms with van der Waals surface area (Å²) < 4.78 is 34.1. The number of rotatable bonds is 1. The average Bonchev–Trinajstić information content (AvgIpc) is 3.27. The molecule has 2 aromatic heterocycles. The van der Waals surface area contributed by atoms with E-state index in [1.165, 1.54) is 0 Å². The fourth-order valence-corrected chi connectivity index (χ4v) is 3.54. The van der Waals surface area contributed by atoms with Crippen LogP contribution >= 0.6 is 23.2 Å². The molecule has 130 valence electrons. The van der Waals surface area contributed by atoms with Gasteiger partial charge in [0.25, 0.3) is 0 Å². The van der Waals surface area contributed by atoms with E-state index in [1.807, 2.05) is 0 Å². The number of pyridine rings is 1. The molecule has 3 heterocycles. The van der Waals surface area contributed by atoms with Crippen LogP contribution < -0.4 is 4.90 Å². The summed E-state index contributed by atoms with van der Waals surface area (Å²) in [5.41, 5.74) is 0.152. The Morgan fingerprint density at radius 3 is 2.84 bits per heavy atom. The molecular weight excluding hydrogens is 373 g/mol. The number of alkyl halides is 1. The molecule has 1 aliphatic carbocycles. The summed E-state index contributed by atoms with van der Waals surface area (Å²) in [6, 6.07) is -0.391. The lowest BCUT2D eigenvalue weighted by Gasteiger charge is -2.24. The van der Waals surface area contributed by atoms with Gasteiger partial charge < -0.3 is 9.64 Å². The van der Waals surface area contributed by atoms with Gasteiger partial charge in [0.2, 0.25) is 5.28 Å². The third-order valence-electron chi connectivity index (χ3n) is 4.39. The fourth-order valence-electron chi connectivity index (χ4n) is 3.20. The topological polar surface area (TPSA) is 51.1 Å². The summed E-state index contributed by atoms with van der Waals surface area (Å²) >= 11 is 11.8. The molecule has 5 nitrogen and oxygen atoms in total. The molecule has 25 heavy (non-hydrogen) atoms. The van der Waals surface area contributed by atoms with Crippen LogP contribution in [-0.4, -0.2) is 46.9 Å². The molecule has 2 aliphatic rings. The van der Waals surface area contributed by atoms with Crippen LogP contribution in [-0.2, 0) is 4.74 Å². The average molecular weight is 385 g/mol. The quantitative estimate of drug-likeness (QED) is 0.429. The molecule has 0 amide bonds. The first-order chi connectivity index (χ1) is 12.0. The van der Waals surface area contributed by atoms with Gasteiger partial charge in [-0.3, -0.25) is 0 Å². The Morgan fingerprint density at radius 1 is 1.28 bits per heavy atom. The van der Waals surface area contributed by atoms with Crippen molar-refractivity contribution in [3.05, 3.63) is 21.9 Å². The Bertz CT molecular complexity index is 930. The molecule has 0 N–H and O–H groups in total. The molecule has 0 aromatic carbocycles. The zero-order chi connectivity index (χ0) is 17.7. The molecule has 0 unspecified atom stereocenters. The molecule has 2 fully saturated rings. The van der Waals surface area contributed by atoms with Crippen molar-refractivity contribution < 1.29 is 13.5 Å². The molecule has 0 bridgehead atoms. The van der Waals surface area contributed by atoms with E-state index >= 15 is 0 Å². The largest absolute Gasteiger partial charge is 0.379 e. The van der Waals surface area contributed by atoms with Crippen LogP contribution in [0.5, 0.6) is 0 Å². The monoisotopic (exact) mass is 384 g/mol. The Balaban J connectivity index is 1.99. The van der Waals surface area contributed by atoms with Gasteiger partial charge in [-0.1, -0.05) is 17.5 Å². The molecule has 3 atom stereocenters. The summed E-state index contributed by atoms with van der Waals surface area (Å²) in [5.74, 6) is 4.75. The molecule has 1 saturated carbocycles. The summed E-state index contributed by atoms with van der Waals surface area (Å²) in [4.78, 5) is 13.9. The molecule has 1 saturated heterocycles. The maximum Gasteiger partial charge on any atom is 0.225 e. The maximum atomic E-state index is 14.5. The molecule has 2 aromatic rings. The number of fused-ring (bicyclic) bond motifs is 2. The molecule has 4 rings (SSSR count). The van der Waals surface area contributed by atoms with Crippen molar-refractivity contribution in [2.75, 3.05) is 24.7 Å². The van der Waals surface area contributed by atoms with Crippen molar-refractivity contribution in [1.82, 2.24) is 15.0 Å². The van der Waals surface area contributed by atoms with Gasteiger partial charge in [-0.05, 0) is 24.4 Å². The van der Waals surface area contributed by atoms with Crippen molar-refractivity contribution >= 4 is 39.9 Å². The van der Waals surface area contributed by atoms with Crippen molar-refractivity contribution in [2.45, 2.75) is 19.1 Å². The first-order valence-electron chi connectivity index (χ1n) is 7.66. The van der Waals surface area contributed by atoms with Crippen LogP contribution in [0.3, 0.4) is 0 Å². The summed E-state index contributed by atoms with van der Waals surface area (Å²) in [5, 5.41) is -0.227. The molecule has 0 spiro atoms. The Hall–Kier alpha value is -1.75. The first-order valence-corrected chi connectivity index (χ1v) is 8.42. The second-order valence-electron chi connectivity index (χ2n) is 5.85. The molecule has 1 aliphatic heterocycles. The minimum absolute atomic E-state index is 0.0782. The van der Waals surface area contributed by atoms with Gasteiger partial charge in [0, 0.05) is 12.5 Å². The second kappa shape index (κ2) is 6.20. The van der Waals surface area contributed by atoms with Gasteiger partial charge in [0.1, 0.15) is 23.2 Å². The number of nitrogens with zero attached hydrogens (tertiary/aromatic N) is 4. The minimum Gasteiger partial charge on any atom is -0.379 e. The lowest BCUT2D eigenvalue weighted by atomic mass is 10.2. The zero-order valence-electron chi connectivity index (χ0n) is 13.1. The highest BCUT2D eigenvalue weighted by Gasteiger charge is 2.56. The zero-order valence-corrected chi connectivity index (χ0v) is 14.6. The van der Waals surface area contributed by atoms with E-state index in [9.17, 15) is 8.78 Å². The Morgan fingerprint density at radius 2 is 2.08 bits per heavy atom. The van der Waals surface area contributed by atoms with E-state index < -0.39 is 18.0 Å². The van der Waals surface area contributed by atoms with E-state index in [4.69, 9.17) is 27.9 Å². The third-order valence-corrected chi connectivity index (χ3v) is 4.81. The van der Waals surface area contributed by atoms with E-state index in [-0.39, 0.29) is 33.0 Å². The highest BCUT2D eigenvalue weighted by atomic mass is 35.5. The lowest BCUT2D eigenvalue weighted by molar-refractivity contribution is 0.131. The molecular formula is C16H12Cl2F2N4O. The number of hydrogen-bond donors (Lipinski definition) is 0. The van der Waals surface area contributed by atoms with Crippen molar-refractivity contribution in [1.29, 1.82) is 0 Å². The standard InChI is InChI=1S/C16H12Cl2F2N4O/c1-2-3-8-9-12(11(20)14(17)21-8)22-16(18)23-15(9)24-4-5-25-6-7-10(19)13(7)24/h7,10,13H,4-6H2,1H3/t7-,10-,13-/m0/s1. The van der Waals surface area contributed by atoms with Crippen LogP contribution in [0, 0.1) is 23.6 Å². The van der Waals surface area contributed by atoms with Crippen LogP contribution in [0.4, 0.5) is 14.6 Å². The molecule has 9 heteroatoms. The van der Waals surface area contributed by atoms with Crippen LogP contribution in [0.1, 0.15) is 12.6 Å². The summed E-state index contributed by atoms with van der Waals surface area (Å²) in [7, 11) is 0. The van der Waals surface area contributed by atoms with Crippen molar-refractivity contribution in [3.8, 4) is 11.8 Å². The van der Waals surface area contributed by atoms with Crippen LogP contribution in [0.25, 0.3) is 10.9 Å². The second-order valence-corrected chi connectivity index (χ2v) is 6.54. The third kappa shape index (κ3) is 2.69. The number of hydrogen-bond acceptors (Lipinski definition) is 5. The van der Waals surface area contributed by atoms with Crippen LogP contribution in [0.2, 0.25) is 10.4 Å². The first kappa shape index (κ1) is 16.7. The van der Waals surface area contributed by atoms with E-state index in [2.05, 4.69) is 26.8 Å². The van der Waals surface area contributed by atoms with E-state index in [1.54, 1.807) is 11.8 Å². The predicted molar refractivity (Wildman–Crippen MR) is 90.2 cm³/mol. The van der Waals surface area contributed by atoms with Gasteiger partial charge in [0.05, 0.1) is 24.6 Å². The number of anilines is 1. The summed E-state index contributed by atoms with van der Waals surface area (Å²) in [6.07, 6.45) is -1.03. The van der Waals surface area contributed by atoms with Crippen LogP contribution in [0.15, 0.2) is 0 Å². The number of aromatic nitrogens is 3. The van der Waals surface area contributed by atoms with Gasteiger partial charge >= 0.3 is 0 Å². The minimum atomic E-state index is -1.03. The fraction of sp³-hybridized carbons (Fsp3) is 0.438. The Labute approximate surface area is 152 Å². The normalized spacial score (nSPS) is 25.2. The highest BCUT2D eigenvalue weighted by molar-refractivity contribution is 6.31. The smallest absolute Gasteiger partial charge is 0.225 e. The van der Waals surface area contributed by atoms with Crippen molar-refractivity contribution in [3.63, 3.8) is 0 Å². The summed E-state index contributed by atoms with van der Waals surface area (Å²) in [6.45, 7) is 2.77. The van der Waals surface area contributed by atoms with Crippen molar-refractivity contribution in [2.24, 2.45) is 5.92 Å². The van der Waals surface area contributed by atoms with Gasteiger partial charge in [-0.25, -0.2) is 18.7 Å². The SMILES string of the molecule is CC#Cc1nc(Cl)c(F)c2nc(Cl)nc(N3CCOC[C@H]4[C@H](F)[C@H]43)c12. The number of halogens is 4. The van der Waals surface area contributed by atoms with Gasteiger partial charge in [-0.2, -0.15) is 4.98 Å². The van der Waals surface area contributed by atoms with Gasteiger partial charge in [-0.15, -0.1) is 0 Å². The maximum absolute atomic E-state index is 14.5. The van der Waals surface area contributed by atoms with E-state index in [0.717, 1.165) is 0 Å². The Kier molecular flexibility index (Phi) is 4.14.